The first-order chi connectivity index (χ1) is 9.10. The third-order valence-corrected chi connectivity index (χ3v) is 3.85. The van der Waals surface area contributed by atoms with Crippen LogP contribution in [-0.4, -0.2) is 11.7 Å². The van der Waals surface area contributed by atoms with E-state index in [1.807, 2.05) is 49.4 Å². The summed E-state index contributed by atoms with van der Waals surface area (Å²) >= 11 is 9.55. The van der Waals surface area contributed by atoms with E-state index in [1.54, 1.807) is 0 Å². The Hall–Kier alpha value is -1.03. The molecule has 2 aromatic carbocycles. The molecule has 0 aliphatic heterocycles. The lowest BCUT2D eigenvalue weighted by molar-refractivity contribution is 0.276. The van der Waals surface area contributed by atoms with Gasteiger partial charge in [-0.25, -0.2) is 0 Å². The molecule has 0 radical (unpaired) electrons. The Morgan fingerprint density at radius 2 is 2.05 bits per heavy atom. The Morgan fingerprint density at radius 3 is 2.68 bits per heavy atom. The summed E-state index contributed by atoms with van der Waals surface area (Å²) in [4.78, 5) is 0. The third kappa shape index (κ3) is 3.72. The number of nitrogens with one attached hydrogen (secondary N) is 1. The van der Waals surface area contributed by atoms with E-state index in [9.17, 15) is 5.11 Å². The quantitative estimate of drug-likeness (QED) is 0.855. The van der Waals surface area contributed by atoms with Crippen molar-refractivity contribution >= 4 is 33.2 Å². The normalized spacial score (nSPS) is 12.2. The minimum absolute atomic E-state index is 0.00586. The second-order valence-electron chi connectivity index (χ2n) is 4.40. The monoisotopic (exact) mass is 339 g/mol. The molecule has 19 heavy (non-hydrogen) atoms. The fourth-order valence-electron chi connectivity index (χ4n) is 1.84. The van der Waals surface area contributed by atoms with E-state index in [-0.39, 0.29) is 12.6 Å². The zero-order valence-electron chi connectivity index (χ0n) is 10.5. The van der Waals surface area contributed by atoms with Crippen molar-refractivity contribution in [3.63, 3.8) is 0 Å². The lowest BCUT2D eigenvalue weighted by atomic mass is 10.1. The van der Waals surface area contributed by atoms with Crippen LogP contribution in [0.1, 0.15) is 17.2 Å². The average molecular weight is 341 g/mol. The van der Waals surface area contributed by atoms with Gasteiger partial charge in [0.15, 0.2) is 0 Å². The Balaban J connectivity index is 2.22. The Kier molecular flexibility index (Phi) is 4.86. The van der Waals surface area contributed by atoms with Crippen LogP contribution >= 0.6 is 27.5 Å². The summed E-state index contributed by atoms with van der Waals surface area (Å²) < 4.78 is 0.996. The number of aryl methyl sites for hydroxylation is 1. The van der Waals surface area contributed by atoms with Crippen LogP contribution in [0, 0.1) is 6.92 Å². The highest BCUT2D eigenvalue weighted by Crippen LogP contribution is 2.25. The Morgan fingerprint density at radius 1 is 1.26 bits per heavy atom. The minimum Gasteiger partial charge on any atom is -0.394 e. The van der Waals surface area contributed by atoms with Crippen LogP contribution in [0.2, 0.25) is 5.02 Å². The first kappa shape index (κ1) is 14.4. The predicted octanol–water partition coefficient (Wildman–Crippen LogP) is 4.56. The molecule has 0 saturated carbocycles. The molecule has 0 aromatic heterocycles. The molecule has 4 heteroatoms. The van der Waals surface area contributed by atoms with Gasteiger partial charge in [-0.15, -0.1) is 0 Å². The third-order valence-electron chi connectivity index (χ3n) is 2.95. The van der Waals surface area contributed by atoms with E-state index in [0.717, 1.165) is 21.3 Å². The molecule has 2 nitrogen and oxygen atoms in total. The van der Waals surface area contributed by atoms with Crippen LogP contribution in [-0.2, 0) is 0 Å². The van der Waals surface area contributed by atoms with Crippen LogP contribution in [0.4, 0.5) is 5.69 Å². The Labute approximate surface area is 126 Å². The highest BCUT2D eigenvalue weighted by molar-refractivity contribution is 9.10. The number of hydrogen-bond donors (Lipinski definition) is 2. The second-order valence-corrected chi connectivity index (χ2v) is 5.72. The molecule has 2 rings (SSSR count). The van der Waals surface area contributed by atoms with Gasteiger partial charge in [-0.3, -0.25) is 0 Å². The van der Waals surface area contributed by atoms with Gasteiger partial charge in [-0.1, -0.05) is 45.7 Å². The highest BCUT2D eigenvalue weighted by atomic mass is 79.9. The number of anilines is 1. The summed E-state index contributed by atoms with van der Waals surface area (Å²) in [7, 11) is 0. The fraction of sp³-hybridized carbons (Fsp3) is 0.200. The van der Waals surface area contributed by atoms with Gasteiger partial charge in [0.1, 0.15) is 0 Å². The van der Waals surface area contributed by atoms with E-state index in [1.165, 1.54) is 0 Å². The zero-order valence-corrected chi connectivity index (χ0v) is 12.9. The van der Waals surface area contributed by atoms with Crippen molar-refractivity contribution in [3.05, 3.63) is 63.1 Å². The molecule has 1 atom stereocenters. The second kappa shape index (κ2) is 6.42. The van der Waals surface area contributed by atoms with E-state index in [4.69, 9.17) is 11.6 Å². The molecule has 0 amide bonds. The van der Waals surface area contributed by atoms with Gasteiger partial charge in [0, 0.05) is 15.2 Å². The fourth-order valence-corrected chi connectivity index (χ4v) is 2.43. The van der Waals surface area contributed by atoms with Crippen molar-refractivity contribution in [2.75, 3.05) is 11.9 Å². The molecule has 0 aliphatic rings. The number of aliphatic hydroxyl groups is 1. The van der Waals surface area contributed by atoms with E-state index < -0.39 is 0 Å². The first-order valence-corrected chi connectivity index (χ1v) is 7.16. The molecule has 0 heterocycles. The predicted molar refractivity (Wildman–Crippen MR) is 83.8 cm³/mol. The smallest absolute Gasteiger partial charge is 0.0745 e. The summed E-state index contributed by atoms with van der Waals surface area (Å²) in [6.45, 7) is 1.97. The molecule has 100 valence electrons. The molecular weight excluding hydrogens is 326 g/mol. The van der Waals surface area contributed by atoms with Crippen molar-refractivity contribution in [2.45, 2.75) is 13.0 Å². The van der Waals surface area contributed by atoms with E-state index in [0.29, 0.717) is 5.02 Å². The molecule has 0 spiro atoms. The zero-order chi connectivity index (χ0) is 13.8. The number of halogens is 2. The number of hydrogen-bond acceptors (Lipinski definition) is 2. The number of aliphatic hydroxyl groups excluding tert-OH is 1. The molecular formula is C15H15BrClNO. The number of rotatable bonds is 4. The summed E-state index contributed by atoms with van der Waals surface area (Å²) in [5.41, 5.74) is 2.95. The van der Waals surface area contributed by atoms with Crippen molar-refractivity contribution < 1.29 is 5.11 Å². The average Bonchev–Trinajstić information content (AvgIpc) is 2.39. The van der Waals surface area contributed by atoms with Gasteiger partial charge in [0.25, 0.3) is 0 Å². The SMILES string of the molecule is Cc1ccc(C(CO)Nc2cccc(Br)c2)cc1Cl. The van der Waals surface area contributed by atoms with Gasteiger partial charge in [0.2, 0.25) is 0 Å². The van der Waals surface area contributed by atoms with Crippen molar-refractivity contribution in [3.8, 4) is 0 Å². The van der Waals surface area contributed by atoms with Crippen LogP contribution in [0.5, 0.6) is 0 Å². The largest absolute Gasteiger partial charge is 0.394 e. The molecule has 0 bridgehead atoms. The van der Waals surface area contributed by atoms with Gasteiger partial charge >= 0.3 is 0 Å². The summed E-state index contributed by atoms with van der Waals surface area (Å²) in [6, 6.07) is 13.5. The van der Waals surface area contributed by atoms with Crippen LogP contribution in [0.15, 0.2) is 46.9 Å². The maximum atomic E-state index is 9.55. The summed E-state index contributed by atoms with van der Waals surface area (Å²) in [6.07, 6.45) is 0. The van der Waals surface area contributed by atoms with Gasteiger partial charge in [-0.05, 0) is 42.3 Å². The molecule has 1 unspecified atom stereocenters. The first-order valence-electron chi connectivity index (χ1n) is 5.99. The van der Waals surface area contributed by atoms with Crippen LogP contribution in [0.25, 0.3) is 0 Å². The lowest BCUT2D eigenvalue weighted by Crippen LogP contribution is -2.14. The molecule has 0 aliphatic carbocycles. The lowest BCUT2D eigenvalue weighted by Gasteiger charge is -2.19. The van der Waals surface area contributed by atoms with E-state index >= 15 is 0 Å². The maximum Gasteiger partial charge on any atom is 0.0745 e. The van der Waals surface area contributed by atoms with Gasteiger partial charge < -0.3 is 10.4 Å². The molecule has 0 fully saturated rings. The van der Waals surface area contributed by atoms with Crippen molar-refractivity contribution in [1.29, 1.82) is 0 Å². The Bertz CT molecular complexity index is 574. The summed E-state index contributed by atoms with van der Waals surface area (Å²) in [5, 5.41) is 13.6. The number of benzene rings is 2. The molecule has 2 N–H and O–H groups in total. The minimum atomic E-state index is -0.174. The topological polar surface area (TPSA) is 32.3 Å². The highest BCUT2D eigenvalue weighted by Gasteiger charge is 2.11. The van der Waals surface area contributed by atoms with Gasteiger partial charge in [0.05, 0.1) is 12.6 Å². The van der Waals surface area contributed by atoms with Gasteiger partial charge in [-0.2, -0.15) is 0 Å². The molecule has 0 saturated heterocycles. The van der Waals surface area contributed by atoms with Crippen molar-refractivity contribution in [1.82, 2.24) is 0 Å². The maximum absolute atomic E-state index is 9.55. The standard InChI is InChI=1S/C15H15BrClNO/c1-10-5-6-11(7-14(10)17)15(9-19)18-13-4-2-3-12(16)8-13/h2-8,15,18-19H,9H2,1H3. The molecule has 2 aromatic rings. The van der Waals surface area contributed by atoms with Crippen molar-refractivity contribution in [2.24, 2.45) is 0 Å². The van der Waals surface area contributed by atoms with Crippen LogP contribution < -0.4 is 5.32 Å². The van der Waals surface area contributed by atoms with Crippen LogP contribution in [0.3, 0.4) is 0 Å². The van der Waals surface area contributed by atoms with E-state index in [2.05, 4.69) is 21.2 Å². The summed E-state index contributed by atoms with van der Waals surface area (Å²) in [5.74, 6) is 0.